The second kappa shape index (κ2) is 8.98. The third-order valence-electron chi connectivity index (χ3n) is 3.33. The van der Waals surface area contributed by atoms with Crippen LogP contribution in [0.15, 0.2) is 24.3 Å². The second-order valence-corrected chi connectivity index (χ2v) is 5.89. The first-order valence-corrected chi connectivity index (χ1v) is 7.62. The molecule has 0 amide bonds. The molecule has 3 heteroatoms. The van der Waals surface area contributed by atoms with E-state index in [0.29, 0.717) is 12.0 Å². The zero-order valence-corrected chi connectivity index (χ0v) is 13.6. The Morgan fingerprint density at radius 2 is 1.80 bits per heavy atom. The fourth-order valence-electron chi connectivity index (χ4n) is 2.45. The predicted octanol–water partition coefficient (Wildman–Crippen LogP) is 3.32. The maximum atomic E-state index is 5.23. The SMILES string of the molecule is CCCNC(CN(C)CC(C)C)c1ccc(OC)cc1. The first-order chi connectivity index (χ1) is 9.56. The maximum absolute atomic E-state index is 5.23. The first-order valence-electron chi connectivity index (χ1n) is 7.62. The molecule has 0 spiro atoms. The Kier molecular flexibility index (Phi) is 7.63. The fraction of sp³-hybridized carbons (Fsp3) is 0.647. The number of hydrogen-bond acceptors (Lipinski definition) is 3. The van der Waals surface area contributed by atoms with Gasteiger partial charge in [0.2, 0.25) is 0 Å². The van der Waals surface area contributed by atoms with E-state index in [4.69, 9.17) is 4.74 Å². The minimum Gasteiger partial charge on any atom is -0.497 e. The topological polar surface area (TPSA) is 24.5 Å². The number of rotatable bonds is 9. The molecule has 0 aromatic heterocycles. The van der Waals surface area contributed by atoms with Crippen molar-refractivity contribution in [3.8, 4) is 5.75 Å². The number of ether oxygens (including phenoxy) is 1. The largest absolute Gasteiger partial charge is 0.497 e. The molecular formula is C17H30N2O. The van der Waals surface area contributed by atoms with Gasteiger partial charge in [0.05, 0.1) is 7.11 Å². The van der Waals surface area contributed by atoms with Crippen molar-refractivity contribution in [1.82, 2.24) is 10.2 Å². The lowest BCUT2D eigenvalue weighted by atomic mass is 10.1. The first kappa shape index (κ1) is 17.0. The van der Waals surface area contributed by atoms with E-state index in [1.807, 2.05) is 12.1 Å². The molecule has 114 valence electrons. The zero-order chi connectivity index (χ0) is 15.0. The van der Waals surface area contributed by atoms with Crippen molar-refractivity contribution >= 4 is 0 Å². The van der Waals surface area contributed by atoms with Crippen LogP contribution in [-0.4, -0.2) is 38.7 Å². The van der Waals surface area contributed by atoms with Gasteiger partial charge in [0.15, 0.2) is 0 Å². The molecule has 1 aromatic carbocycles. The Hall–Kier alpha value is -1.06. The van der Waals surface area contributed by atoms with Crippen molar-refractivity contribution < 1.29 is 4.74 Å². The number of nitrogens with one attached hydrogen (secondary N) is 1. The quantitative estimate of drug-likeness (QED) is 0.750. The van der Waals surface area contributed by atoms with E-state index < -0.39 is 0 Å². The average Bonchev–Trinajstić information content (AvgIpc) is 2.42. The summed E-state index contributed by atoms with van der Waals surface area (Å²) in [5, 5.41) is 3.64. The molecule has 20 heavy (non-hydrogen) atoms. The third-order valence-corrected chi connectivity index (χ3v) is 3.33. The van der Waals surface area contributed by atoms with Crippen LogP contribution in [0.1, 0.15) is 38.8 Å². The molecular weight excluding hydrogens is 248 g/mol. The molecule has 1 rings (SSSR count). The van der Waals surface area contributed by atoms with Gasteiger partial charge in [0.1, 0.15) is 5.75 Å². The normalized spacial score (nSPS) is 12.9. The molecule has 0 saturated heterocycles. The van der Waals surface area contributed by atoms with Crippen LogP contribution in [0.4, 0.5) is 0 Å². The molecule has 1 atom stereocenters. The summed E-state index contributed by atoms with van der Waals surface area (Å²) in [6, 6.07) is 8.78. The molecule has 1 unspecified atom stereocenters. The van der Waals surface area contributed by atoms with Gasteiger partial charge in [-0.25, -0.2) is 0 Å². The average molecular weight is 278 g/mol. The highest BCUT2D eigenvalue weighted by Crippen LogP contribution is 2.19. The minimum absolute atomic E-state index is 0.379. The third kappa shape index (κ3) is 5.93. The lowest BCUT2D eigenvalue weighted by Crippen LogP contribution is -2.35. The summed E-state index contributed by atoms with van der Waals surface area (Å²) < 4.78 is 5.23. The summed E-state index contributed by atoms with van der Waals surface area (Å²) in [4.78, 5) is 2.40. The zero-order valence-electron chi connectivity index (χ0n) is 13.6. The Morgan fingerprint density at radius 1 is 1.15 bits per heavy atom. The van der Waals surface area contributed by atoms with Gasteiger partial charge in [-0.1, -0.05) is 32.9 Å². The van der Waals surface area contributed by atoms with Gasteiger partial charge in [0.25, 0.3) is 0 Å². The fourth-order valence-corrected chi connectivity index (χ4v) is 2.45. The van der Waals surface area contributed by atoms with E-state index in [-0.39, 0.29) is 0 Å². The number of nitrogens with zero attached hydrogens (tertiary/aromatic N) is 1. The predicted molar refractivity (Wildman–Crippen MR) is 86.4 cm³/mol. The van der Waals surface area contributed by atoms with E-state index in [9.17, 15) is 0 Å². The number of methoxy groups -OCH3 is 1. The molecule has 0 radical (unpaired) electrons. The molecule has 0 heterocycles. The molecule has 0 fully saturated rings. The smallest absolute Gasteiger partial charge is 0.118 e. The van der Waals surface area contributed by atoms with E-state index in [1.54, 1.807) is 7.11 Å². The molecule has 3 nitrogen and oxygen atoms in total. The van der Waals surface area contributed by atoms with Crippen LogP contribution in [0.3, 0.4) is 0 Å². The summed E-state index contributed by atoms with van der Waals surface area (Å²) in [5.74, 6) is 1.61. The summed E-state index contributed by atoms with van der Waals surface area (Å²) in [5.41, 5.74) is 1.33. The van der Waals surface area contributed by atoms with Crippen LogP contribution in [0.25, 0.3) is 0 Å². The molecule has 0 aliphatic heterocycles. The van der Waals surface area contributed by atoms with Crippen LogP contribution in [0.5, 0.6) is 5.75 Å². The van der Waals surface area contributed by atoms with Crippen molar-refractivity contribution in [2.24, 2.45) is 5.92 Å². The van der Waals surface area contributed by atoms with Crippen molar-refractivity contribution in [3.05, 3.63) is 29.8 Å². The van der Waals surface area contributed by atoms with Crippen LogP contribution < -0.4 is 10.1 Å². The van der Waals surface area contributed by atoms with E-state index >= 15 is 0 Å². The van der Waals surface area contributed by atoms with Gasteiger partial charge in [-0.2, -0.15) is 0 Å². The summed E-state index contributed by atoms with van der Waals surface area (Å²) in [6.45, 7) is 9.93. The van der Waals surface area contributed by atoms with Crippen LogP contribution in [-0.2, 0) is 0 Å². The van der Waals surface area contributed by atoms with Crippen molar-refractivity contribution in [3.63, 3.8) is 0 Å². The lowest BCUT2D eigenvalue weighted by molar-refractivity contribution is 0.262. The lowest BCUT2D eigenvalue weighted by Gasteiger charge is -2.26. The molecule has 0 bridgehead atoms. The van der Waals surface area contributed by atoms with E-state index in [1.165, 1.54) is 5.56 Å². The highest BCUT2D eigenvalue weighted by atomic mass is 16.5. The van der Waals surface area contributed by atoms with Gasteiger partial charge in [-0.15, -0.1) is 0 Å². The van der Waals surface area contributed by atoms with E-state index in [0.717, 1.165) is 31.8 Å². The molecule has 1 aromatic rings. The molecule has 0 aliphatic rings. The van der Waals surface area contributed by atoms with Gasteiger partial charge in [-0.05, 0) is 43.6 Å². The standard InChI is InChI=1S/C17H30N2O/c1-6-11-18-17(13-19(4)12-14(2)3)15-7-9-16(20-5)10-8-15/h7-10,14,17-18H,6,11-13H2,1-5H3. The highest BCUT2D eigenvalue weighted by Gasteiger charge is 2.14. The number of hydrogen-bond donors (Lipinski definition) is 1. The van der Waals surface area contributed by atoms with Crippen LogP contribution in [0.2, 0.25) is 0 Å². The van der Waals surface area contributed by atoms with Gasteiger partial charge in [-0.3, -0.25) is 0 Å². The maximum Gasteiger partial charge on any atom is 0.118 e. The summed E-state index contributed by atoms with van der Waals surface area (Å²) in [7, 11) is 3.91. The van der Waals surface area contributed by atoms with Crippen molar-refractivity contribution in [1.29, 1.82) is 0 Å². The Morgan fingerprint density at radius 3 is 2.30 bits per heavy atom. The number of benzene rings is 1. The second-order valence-electron chi connectivity index (χ2n) is 5.89. The molecule has 0 saturated carbocycles. The van der Waals surface area contributed by atoms with Crippen LogP contribution in [0, 0.1) is 5.92 Å². The highest BCUT2D eigenvalue weighted by molar-refractivity contribution is 5.29. The summed E-state index contributed by atoms with van der Waals surface area (Å²) in [6.07, 6.45) is 1.15. The Labute approximate surface area is 124 Å². The molecule has 0 aliphatic carbocycles. The van der Waals surface area contributed by atoms with Crippen molar-refractivity contribution in [2.75, 3.05) is 33.8 Å². The van der Waals surface area contributed by atoms with E-state index in [2.05, 4.69) is 50.2 Å². The minimum atomic E-state index is 0.379. The monoisotopic (exact) mass is 278 g/mol. The van der Waals surface area contributed by atoms with Gasteiger partial charge >= 0.3 is 0 Å². The van der Waals surface area contributed by atoms with Gasteiger partial charge < -0.3 is 15.0 Å². The molecule has 1 N–H and O–H groups in total. The Balaban J connectivity index is 2.71. The Bertz CT molecular complexity index is 362. The van der Waals surface area contributed by atoms with Crippen LogP contribution >= 0.6 is 0 Å². The van der Waals surface area contributed by atoms with Crippen molar-refractivity contribution in [2.45, 2.75) is 33.2 Å². The van der Waals surface area contributed by atoms with Gasteiger partial charge in [0, 0.05) is 19.1 Å². The summed E-state index contributed by atoms with van der Waals surface area (Å²) >= 11 is 0. The number of likely N-dealkylation sites (N-methyl/N-ethyl adjacent to an activating group) is 1.